The van der Waals surface area contributed by atoms with Gasteiger partial charge in [0, 0.05) is 36.8 Å². The summed E-state index contributed by atoms with van der Waals surface area (Å²) in [6.07, 6.45) is 3.93. The molecule has 0 atom stereocenters. The molecule has 20 heavy (non-hydrogen) atoms. The fourth-order valence-corrected chi connectivity index (χ4v) is 3.10. The zero-order valence-electron chi connectivity index (χ0n) is 11.0. The van der Waals surface area contributed by atoms with Gasteiger partial charge in [0.1, 0.15) is 11.9 Å². The van der Waals surface area contributed by atoms with Crippen LogP contribution in [0.15, 0.2) is 16.7 Å². The van der Waals surface area contributed by atoms with E-state index in [0.29, 0.717) is 24.5 Å². The van der Waals surface area contributed by atoms with Crippen LogP contribution in [-0.2, 0) is 4.79 Å². The molecule has 0 aliphatic carbocycles. The SMILES string of the molecule is N#Cc1cc(Br)cnc1N1CC(C(=O)N2CCCC2)C1. The molecule has 0 saturated carbocycles. The van der Waals surface area contributed by atoms with Gasteiger partial charge in [-0.1, -0.05) is 0 Å². The lowest BCUT2D eigenvalue weighted by molar-refractivity contribution is -0.135. The average molecular weight is 335 g/mol. The van der Waals surface area contributed by atoms with E-state index in [9.17, 15) is 4.79 Å². The number of anilines is 1. The summed E-state index contributed by atoms with van der Waals surface area (Å²) in [5.74, 6) is 1.00. The largest absolute Gasteiger partial charge is 0.354 e. The summed E-state index contributed by atoms with van der Waals surface area (Å²) in [6.45, 7) is 3.13. The molecule has 6 heteroatoms. The Kier molecular flexibility index (Phi) is 3.62. The number of hydrogen-bond acceptors (Lipinski definition) is 4. The molecule has 0 aromatic carbocycles. The first kappa shape index (κ1) is 13.4. The summed E-state index contributed by atoms with van der Waals surface area (Å²) in [4.78, 5) is 20.5. The van der Waals surface area contributed by atoms with E-state index >= 15 is 0 Å². The van der Waals surface area contributed by atoms with Crippen molar-refractivity contribution in [3.63, 3.8) is 0 Å². The highest BCUT2D eigenvalue weighted by molar-refractivity contribution is 9.10. The topological polar surface area (TPSA) is 60.2 Å². The number of carbonyl (C=O) groups excluding carboxylic acids is 1. The third-order valence-electron chi connectivity index (χ3n) is 3.90. The number of pyridine rings is 1. The molecule has 1 aromatic heterocycles. The molecule has 0 spiro atoms. The minimum Gasteiger partial charge on any atom is -0.354 e. The van der Waals surface area contributed by atoms with E-state index < -0.39 is 0 Å². The van der Waals surface area contributed by atoms with E-state index in [0.717, 1.165) is 30.4 Å². The van der Waals surface area contributed by atoms with Crippen LogP contribution in [0.3, 0.4) is 0 Å². The van der Waals surface area contributed by atoms with Crippen molar-refractivity contribution < 1.29 is 4.79 Å². The minimum absolute atomic E-state index is 0.0603. The van der Waals surface area contributed by atoms with Crippen LogP contribution in [0.25, 0.3) is 0 Å². The fraction of sp³-hybridized carbons (Fsp3) is 0.500. The average Bonchev–Trinajstić information content (AvgIpc) is 2.92. The van der Waals surface area contributed by atoms with Crippen molar-refractivity contribution >= 4 is 27.7 Å². The Morgan fingerprint density at radius 1 is 1.40 bits per heavy atom. The van der Waals surface area contributed by atoms with Crippen LogP contribution in [0, 0.1) is 17.2 Å². The maximum Gasteiger partial charge on any atom is 0.229 e. The highest BCUT2D eigenvalue weighted by atomic mass is 79.9. The molecule has 0 N–H and O–H groups in total. The molecule has 3 heterocycles. The fourth-order valence-electron chi connectivity index (χ4n) is 2.77. The van der Waals surface area contributed by atoms with E-state index in [2.05, 4.69) is 27.0 Å². The van der Waals surface area contributed by atoms with E-state index in [-0.39, 0.29) is 11.8 Å². The van der Waals surface area contributed by atoms with Gasteiger partial charge in [-0.05, 0) is 34.8 Å². The lowest BCUT2D eigenvalue weighted by Gasteiger charge is -2.41. The molecule has 2 fully saturated rings. The molecular weight excluding hydrogens is 320 g/mol. The summed E-state index contributed by atoms with van der Waals surface area (Å²) in [7, 11) is 0. The summed E-state index contributed by atoms with van der Waals surface area (Å²) in [5, 5.41) is 9.15. The number of halogens is 1. The number of aromatic nitrogens is 1. The van der Waals surface area contributed by atoms with E-state index in [1.165, 1.54) is 0 Å². The standard InChI is InChI=1S/C14H15BrN4O/c15-12-5-10(6-16)13(17-7-12)19-8-11(9-19)14(20)18-3-1-2-4-18/h5,7,11H,1-4,8-9H2. The van der Waals surface area contributed by atoms with Gasteiger partial charge in [0.05, 0.1) is 11.5 Å². The second kappa shape index (κ2) is 5.41. The minimum atomic E-state index is 0.0603. The summed E-state index contributed by atoms with van der Waals surface area (Å²) >= 11 is 3.31. The van der Waals surface area contributed by atoms with Gasteiger partial charge in [-0.15, -0.1) is 0 Å². The highest BCUT2D eigenvalue weighted by Crippen LogP contribution is 2.29. The third-order valence-corrected chi connectivity index (χ3v) is 4.34. The Labute approximate surface area is 126 Å². The van der Waals surface area contributed by atoms with Crippen LogP contribution < -0.4 is 4.90 Å². The van der Waals surface area contributed by atoms with Crippen molar-refractivity contribution in [3.8, 4) is 6.07 Å². The number of amides is 1. The first-order valence-corrected chi connectivity index (χ1v) is 7.57. The molecule has 0 unspecified atom stereocenters. The normalized spacial score (nSPS) is 18.8. The summed E-state index contributed by atoms with van der Waals surface area (Å²) in [5.41, 5.74) is 0.548. The zero-order chi connectivity index (χ0) is 14.1. The number of hydrogen-bond donors (Lipinski definition) is 0. The Balaban J connectivity index is 1.66. The molecule has 0 radical (unpaired) electrons. The molecule has 0 bridgehead atoms. The van der Waals surface area contributed by atoms with Gasteiger partial charge in [0.15, 0.2) is 0 Å². The van der Waals surface area contributed by atoms with Crippen molar-refractivity contribution in [2.75, 3.05) is 31.1 Å². The molecule has 2 saturated heterocycles. The van der Waals surface area contributed by atoms with Crippen LogP contribution in [0.1, 0.15) is 18.4 Å². The summed E-state index contributed by atoms with van der Waals surface area (Å²) in [6, 6.07) is 3.92. The predicted octanol–water partition coefficient (Wildman–Crippen LogP) is 1.77. The van der Waals surface area contributed by atoms with Crippen LogP contribution in [0.4, 0.5) is 5.82 Å². The van der Waals surface area contributed by atoms with Crippen LogP contribution in [-0.4, -0.2) is 42.0 Å². The molecule has 2 aliphatic rings. The molecule has 5 nitrogen and oxygen atoms in total. The Morgan fingerprint density at radius 2 is 2.10 bits per heavy atom. The van der Waals surface area contributed by atoms with Crippen molar-refractivity contribution in [1.29, 1.82) is 5.26 Å². The van der Waals surface area contributed by atoms with E-state index in [4.69, 9.17) is 5.26 Å². The van der Waals surface area contributed by atoms with Crippen molar-refractivity contribution in [3.05, 3.63) is 22.3 Å². The number of carbonyl (C=O) groups is 1. The van der Waals surface area contributed by atoms with Crippen LogP contribution in [0.2, 0.25) is 0 Å². The van der Waals surface area contributed by atoms with Gasteiger partial charge < -0.3 is 9.80 Å². The second-order valence-electron chi connectivity index (χ2n) is 5.27. The molecule has 1 amide bonds. The van der Waals surface area contributed by atoms with Gasteiger partial charge in [0.25, 0.3) is 0 Å². The molecule has 3 rings (SSSR count). The lowest BCUT2D eigenvalue weighted by atomic mass is 9.98. The summed E-state index contributed by atoms with van der Waals surface area (Å²) < 4.78 is 0.794. The number of rotatable bonds is 2. The van der Waals surface area contributed by atoms with Crippen molar-refractivity contribution in [2.24, 2.45) is 5.92 Å². The quantitative estimate of drug-likeness (QED) is 0.827. The van der Waals surface area contributed by atoms with Gasteiger partial charge in [-0.3, -0.25) is 4.79 Å². The second-order valence-corrected chi connectivity index (χ2v) is 6.19. The highest BCUT2D eigenvalue weighted by Gasteiger charge is 2.37. The van der Waals surface area contributed by atoms with Gasteiger partial charge in [-0.25, -0.2) is 4.98 Å². The Morgan fingerprint density at radius 3 is 2.75 bits per heavy atom. The first-order valence-electron chi connectivity index (χ1n) is 6.78. The molecule has 2 aliphatic heterocycles. The monoisotopic (exact) mass is 334 g/mol. The molecule has 104 valence electrons. The third kappa shape index (κ3) is 2.38. The predicted molar refractivity (Wildman–Crippen MR) is 78.2 cm³/mol. The van der Waals surface area contributed by atoms with E-state index in [1.54, 1.807) is 12.3 Å². The number of likely N-dealkylation sites (tertiary alicyclic amines) is 1. The van der Waals surface area contributed by atoms with Crippen molar-refractivity contribution in [1.82, 2.24) is 9.88 Å². The maximum atomic E-state index is 12.2. The first-order chi connectivity index (χ1) is 9.69. The number of nitriles is 1. The Hall–Kier alpha value is -1.61. The van der Waals surface area contributed by atoms with Gasteiger partial charge in [-0.2, -0.15) is 5.26 Å². The Bertz CT molecular complexity index is 571. The molecule has 1 aromatic rings. The zero-order valence-corrected chi connectivity index (χ0v) is 12.6. The molecular formula is C14H15BrN4O. The van der Waals surface area contributed by atoms with Gasteiger partial charge >= 0.3 is 0 Å². The van der Waals surface area contributed by atoms with Crippen LogP contribution >= 0.6 is 15.9 Å². The van der Waals surface area contributed by atoms with E-state index in [1.807, 2.05) is 9.80 Å². The smallest absolute Gasteiger partial charge is 0.229 e. The van der Waals surface area contributed by atoms with Crippen molar-refractivity contribution in [2.45, 2.75) is 12.8 Å². The maximum absolute atomic E-state index is 12.2. The van der Waals surface area contributed by atoms with Crippen LogP contribution in [0.5, 0.6) is 0 Å². The lowest BCUT2D eigenvalue weighted by Crippen LogP contribution is -2.54. The number of nitrogens with zero attached hydrogens (tertiary/aromatic N) is 4. The van der Waals surface area contributed by atoms with Gasteiger partial charge in [0.2, 0.25) is 5.91 Å².